The molecule has 0 radical (unpaired) electrons. The fraction of sp³-hybridized carbons (Fsp3) is 0.550. The minimum absolute atomic E-state index is 0.682. The summed E-state index contributed by atoms with van der Waals surface area (Å²) in [5, 5.41) is 5.89. The van der Waals surface area contributed by atoms with E-state index in [0.29, 0.717) is 5.95 Å². The molecule has 0 saturated carbocycles. The maximum Gasteiger partial charge on any atom is 0.254 e. The van der Waals surface area contributed by atoms with E-state index in [1.54, 1.807) is 0 Å². The molecule has 4 heterocycles. The van der Waals surface area contributed by atoms with Crippen molar-refractivity contribution < 1.29 is 4.74 Å². The van der Waals surface area contributed by atoms with Gasteiger partial charge in [0.2, 0.25) is 0 Å². The van der Waals surface area contributed by atoms with Gasteiger partial charge in [-0.1, -0.05) is 6.92 Å². The number of anilines is 1. The van der Waals surface area contributed by atoms with Crippen molar-refractivity contribution >= 4 is 27.4 Å². The van der Waals surface area contributed by atoms with E-state index in [1.807, 2.05) is 22.9 Å². The summed E-state index contributed by atoms with van der Waals surface area (Å²) in [7, 11) is 0. The molecule has 27 heavy (non-hydrogen) atoms. The lowest BCUT2D eigenvalue weighted by Gasteiger charge is -2.29. The smallest absolute Gasteiger partial charge is 0.254 e. The molecule has 0 bridgehead atoms. The highest BCUT2D eigenvalue weighted by Gasteiger charge is 2.27. The van der Waals surface area contributed by atoms with Crippen LogP contribution in [0.3, 0.4) is 0 Å². The highest BCUT2D eigenvalue weighted by Crippen LogP contribution is 2.41. The minimum Gasteiger partial charge on any atom is -0.378 e. The van der Waals surface area contributed by atoms with E-state index in [-0.39, 0.29) is 0 Å². The average Bonchev–Trinajstić information content (AvgIpc) is 3.20. The lowest BCUT2D eigenvalue weighted by atomic mass is 9.88. The van der Waals surface area contributed by atoms with Gasteiger partial charge in [-0.25, -0.2) is 4.68 Å². The standard InChI is InChI=1S/C20H25N5OS/c1-12-4-5-16-15(10-12)17-18(24-6-8-26-9-7-24)21-20(22-19(17)27-16)25-14(3)11-13(2)23-25/h11-12H,4-10H2,1-3H3/t12-/m1/s1. The first-order chi connectivity index (χ1) is 13.1. The molecule has 0 N–H and O–H groups in total. The first-order valence-corrected chi connectivity index (χ1v) is 10.6. The van der Waals surface area contributed by atoms with E-state index in [4.69, 9.17) is 14.7 Å². The number of hydrogen-bond acceptors (Lipinski definition) is 6. The number of aromatic nitrogens is 4. The lowest BCUT2D eigenvalue weighted by Crippen LogP contribution is -2.37. The van der Waals surface area contributed by atoms with Gasteiger partial charge in [-0.15, -0.1) is 11.3 Å². The zero-order valence-electron chi connectivity index (χ0n) is 16.2. The van der Waals surface area contributed by atoms with Crippen LogP contribution in [-0.2, 0) is 17.6 Å². The highest BCUT2D eigenvalue weighted by molar-refractivity contribution is 7.19. The fourth-order valence-corrected chi connectivity index (χ4v) is 5.46. The predicted octanol–water partition coefficient (Wildman–Crippen LogP) is 3.46. The summed E-state index contributed by atoms with van der Waals surface area (Å²) in [5.74, 6) is 2.47. The zero-order chi connectivity index (χ0) is 18.5. The molecule has 5 rings (SSSR count). The van der Waals surface area contributed by atoms with E-state index in [9.17, 15) is 0 Å². The van der Waals surface area contributed by atoms with Gasteiger partial charge in [0.05, 0.1) is 24.3 Å². The molecular weight excluding hydrogens is 358 g/mol. The van der Waals surface area contributed by atoms with Gasteiger partial charge in [0.1, 0.15) is 10.6 Å². The molecule has 1 aliphatic carbocycles. The van der Waals surface area contributed by atoms with Gasteiger partial charge in [0.15, 0.2) is 0 Å². The summed E-state index contributed by atoms with van der Waals surface area (Å²) in [6.07, 6.45) is 3.56. The SMILES string of the molecule is Cc1cc(C)n(-c2nc(N3CCOCC3)c3c4c(sc3n2)CC[C@@H](C)C4)n1. The number of fused-ring (bicyclic) bond motifs is 3. The number of thiophene rings is 1. The van der Waals surface area contributed by atoms with E-state index in [0.717, 1.165) is 67.1 Å². The van der Waals surface area contributed by atoms with E-state index >= 15 is 0 Å². The van der Waals surface area contributed by atoms with Crippen LogP contribution in [-0.4, -0.2) is 46.1 Å². The van der Waals surface area contributed by atoms with Crippen LogP contribution < -0.4 is 4.90 Å². The van der Waals surface area contributed by atoms with Crippen molar-refractivity contribution in [2.75, 3.05) is 31.2 Å². The quantitative estimate of drug-likeness (QED) is 0.678. The Balaban J connectivity index is 1.73. The van der Waals surface area contributed by atoms with Crippen molar-refractivity contribution in [3.8, 4) is 5.95 Å². The Bertz CT molecular complexity index is 1000. The molecule has 1 aliphatic heterocycles. The topological polar surface area (TPSA) is 56.1 Å². The molecular formula is C20H25N5OS. The molecule has 3 aromatic rings. The van der Waals surface area contributed by atoms with Gasteiger partial charge >= 0.3 is 0 Å². The molecule has 0 unspecified atom stereocenters. The van der Waals surface area contributed by atoms with E-state index < -0.39 is 0 Å². The highest BCUT2D eigenvalue weighted by atomic mass is 32.1. The molecule has 1 saturated heterocycles. The fourth-order valence-electron chi connectivity index (χ4n) is 4.25. The molecule has 1 atom stereocenters. The van der Waals surface area contributed by atoms with Crippen LogP contribution in [0.2, 0.25) is 0 Å². The Labute approximate surface area is 163 Å². The third-order valence-electron chi connectivity index (χ3n) is 5.63. The van der Waals surface area contributed by atoms with Crippen molar-refractivity contribution in [1.82, 2.24) is 19.7 Å². The third-order valence-corrected chi connectivity index (χ3v) is 6.82. The number of ether oxygens (including phenoxy) is 1. The van der Waals surface area contributed by atoms with Gasteiger partial charge in [-0.3, -0.25) is 0 Å². The third kappa shape index (κ3) is 2.93. The number of rotatable bonds is 2. The molecule has 0 spiro atoms. The monoisotopic (exact) mass is 383 g/mol. The normalized spacial score (nSPS) is 20.3. The lowest BCUT2D eigenvalue weighted by molar-refractivity contribution is 0.122. The Morgan fingerprint density at radius 2 is 2.00 bits per heavy atom. The summed E-state index contributed by atoms with van der Waals surface area (Å²) in [5.41, 5.74) is 3.54. The van der Waals surface area contributed by atoms with Crippen LogP contribution in [0.5, 0.6) is 0 Å². The van der Waals surface area contributed by atoms with Crippen molar-refractivity contribution in [3.05, 3.63) is 27.9 Å². The van der Waals surface area contributed by atoms with Crippen molar-refractivity contribution in [2.24, 2.45) is 5.92 Å². The molecule has 6 nitrogen and oxygen atoms in total. The number of nitrogens with zero attached hydrogens (tertiary/aromatic N) is 5. The molecule has 142 valence electrons. The molecule has 0 aromatic carbocycles. The van der Waals surface area contributed by atoms with Crippen molar-refractivity contribution in [1.29, 1.82) is 0 Å². The van der Waals surface area contributed by atoms with Crippen molar-refractivity contribution in [2.45, 2.75) is 40.0 Å². The molecule has 7 heteroatoms. The molecule has 0 amide bonds. The van der Waals surface area contributed by atoms with Crippen molar-refractivity contribution in [3.63, 3.8) is 0 Å². The molecule has 2 aliphatic rings. The number of morpholine rings is 1. The zero-order valence-corrected chi connectivity index (χ0v) is 17.0. The van der Waals surface area contributed by atoms with Crippen LogP contribution in [0.4, 0.5) is 5.82 Å². The second-order valence-corrected chi connectivity index (χ2v) is 8.90. The second kappa shape index (κ2) is 6.56. The van der Waals surface area contributed by atoms with Crippen LogP contribution in [0.25, 0.3) is 16.2 Å². The first kappa shape index (κ1) is 17.1. The summed E-state index contributed by atoms with van der Waals surface area (Å²) in [4.78, 5) is 15.0. The minimum atomic E-state index is 0.682. The second-order valence-electron chi connectivity index (χ2n) is 7.82. The van der Waals surface area contributed by atoms with Gasteiger partial charge in [0, 0.05) is 23.7 Å². The largest absolute Gasteiger partial charge is 0.378 e. The Kier molecular flexibility index (Phi) is 4.16. The van der Waals surface area contributed by atoms with Crippen LogP contribution >= 0.6 is 11.3 Å². The first-order valence-electron chi connectivity index (χ1n) is 9.79. The van der Waals surface area contributed by atoms with Crippen LogP contribution in [0, 0.1) is 19.8 Å². The van der Waals surface area contributed by atoms with Gasteiger partial charge in [-0.2, -0.15) is 15.1 Å². The molecule has 3 aromatic heterocycles. The van der Waals surface area contributed by atoms with Crippen LogP contribution in [0.1, 0.15) is 35.2 Å². The summed E-state index contributed by atoms with van der Waals surface area (Å²) < 4.78 is 7.46. The van der Waals surface area contributed by atoms with Gasteiger partial charge in [0.25, 0.3) is 5.95 Å². The maximum absolute atomic E-state index is 5.58. The van der Waals surface area contributed by atoms with E-state index in [2.05, 4.69) is 29.9 Å². The molecule has 1 fully saturated rings. The van der Waals surface area contributed by atoms with Gasteiger partial charge in [-0.05, 0) is 50.7 Å². The summed E-state index contributed by atoms with van der Waals surface area (Å²) in [6.45, 7) is 9.68. The predicted molar refractivity (Wildman–Crippen MR) is 108 cm³/mol. The maximum atomic E-state index is 5.58. The van der Waals surface area contributed by atoms with Crippen LogP contribution in [0.15, 0.2) is 6.07 Å². The summed E-state index contributed by atoms with van der Waals surface area (Å²) >= 11 is 1.85. The number of hydrogen-bond donors (Lipinski definition) is 0. The average molecular weight is 384 g/mol. The number of aryl methyl sites for hydroxylation is 3. The van der Waals surface area contributed by atoms with E-state index in [1.165, 1.54) is 22.2 Å². The summed E-state index contributed by atoms with van der Waals surface area (Å²) in [6, 6.07) is 2.07. The Morgan fingerprint density at radius 1 is 1.19 bits per heavy atom. The Hall–Kier alpha value is -1.99. The Morgan fingerprint density at radius 3 is 2.74 bits per heavy atom. The van der Waals surface area contributed by atoms with Gasteiger partial charge < -0.3 is 9.64 Å².